The van der Waals surface area contributed by atoms with Crippen LogP contribution in [0.1, 0.15) is 30.1 Å². The number of benzene rings is 1. The van der Waals surface area contributed by atoms with Crippen LogP contribution in [0.15, 0.2) is 36.5 Å². The Morgan fingerprint density at radius 1 is 1.30 bits per heavy atom. The normalized spacial score (nSPS) is 12.1. The molecule has 2 aromatic rings. The van der Waals surface area contributed by atoms with Gasteiger partial charge < -0.3 is 10.4 Å². The number of nitrogens with zero attached hydrogens (tertiary/aromatic N) is 1. The number of hydrogen-bond donors (Lipinski definition) is 2. The summed E-state index contributed by atoms with van der Waals surface area (Å²) in [7, 11) is 0. The van der Waals surface area contributed by atoms with Gasteiger partial charge in [0.15, 0.2) is 0 Å². The van der Waals surface area contributed by atoms with Gasteiger partial charge in [0.05, 0.1) is 5.52 Å². The lowest BCUT2D eigenvalue weighted by Gasteiger charge is -2.14. The van der Waals surface area contributed by atoms with E-state index in [1.807, 2.05) is 13.0 Å². The van der Waals surface area contributed by atoms with Crippen molar-refractivity contribution < 1.29 is 14.7 Å². The van der Waals surface area contributed by atoms with Crippen molar-refractivity contribution in [3.05, 3.63) is 42.1 Å². The number of rotatable bonds is 5. The van der Waals surface area contributed by atoms with Gasteiger partial charge in [-0.2, -0.15) is 0 Å². The van der Waals surface area contributed by atoms with Gasteiger partial charge >= 0.3 is 5.97 Å². The van der Waals surface area contributed by atoms with Crippen molar-refractivity contribution in [2.45, 2.75) is 25.8 Å². The quantitative estimate of drug-likeness (QED) is 0.874. The van der Waals surface area contributed by atoms with Gasteiger partial charge in [-0.25, -0.2) is 4.79 Å². The van der Waals surface area contributed by atoms with E-state index in [9.17, 15) is 9.59 Å². The zero-order valence-corrected chi connectivity index (χ0v) is 11.2. The predicted octanol–water partition coefficient (Wildman–Crippen LogP) is 2.22. The van der Waals surface area contributed by atoms with Crippen molar-refractivity contribution >= 4 is 22.8 Å². The van der Waals surface area contributed by atoms with E-state index in [0.29, 0.717) is 29.3 Å². The Bertz CT molecular complexity index is 635. The summed E-state index contributed by atoms with van der Waals surface area (Å²) in [5, 5.41) is 12.4. The third-order valence-electron chi connectivity index (χ3n) is 3.07. The lowest BCUT2D eigenvalue weighted by molar-refractivity contribution is -0.139. The number of amides is 1. The monoisotopic (exact) mass is 272 g/mol. The van der Waals surface area contributed by atoms with E-state index in [1.165, 1.54) is 0 Å². The molecule has 0 saturated carbocycles. The smallest absolute Gasteiger partial charge is 0.326 e. The maximum Gasteiger partial charge on any atom is 0.326 e. The fraction of sp³-hybridized carbons (Fsp3) is 0.267. The Hall–Kier alpha value is -2.43. The third kappa shape index (κ3) is 2.93. The van der Waals surface area contributed by atoms with Crippen LogP contribution in [-0.2, 0) is 4.79 Å². The van der Waals surface area contributed by atoms with Crippen molar-refractivity contribution in [1.82, 2.24) is 10.3 Å². The molecule has 20 heavy (non-hydrogen) atoms. The number of carbonyl (C=O) groups is 2. The van der Waals surface area contributed by atoms with E-state index >= 15 is 0 Å². The topological polar surface area (TPSA) is 79.3 Å². The zero-order valence-electron chi connectivity index (χ0n) is 11.2. The Balaban J connectivity index is 2.29. The molecule has 1 aromatic heterocycles. The van der Waals surface area contributed by atoms with Gasteiger partial charge in [0.2, 0.25) is 0 Å². The molecule has 0 aliphatic heterocycles. The number of carboxylic acids is 1. The zero-order chi connectivity index (χ0) is 14.5. The maximum atomic E-state index is 12.2. The predicted molar refractivity (Wildman–Crippen MR) is 75.5 cm³/mol. The van der Waals surface area contributed by atoms with Crippen LogP contribution >= 0.6 is 0 Å². The SMILES string of the molecule is CCC[C@H](NC(=O)c1cccc2ncccc12)C(=O)O. The number of aromatic nitrogens is 1. The van der Waals surface area contributed by atoms with Crippen LogP contribution in [0.4, 0.5) is 0 Å². The highest BCUT2D eigenvalue weighted by Gasteiger charge is 2.20. The minimum absolute atomic E-state index is 0.385. The third-order valence-corrected chi connectivity index (χ3v) is 3.07. The van der Waals surface area contributed by atoms with Crippen LogP contribution in [-0.4, -0.2) is 28.0 Å². The molecule has 0 unspecified atom stereocenters. The highest BCUT2D eigenvalue weighted by Crippen LogP contribution is 2.16. The van der Waals surface area contributed by atoms with Crippen LogP contribution in [0.25, 0.3) is 10.9 Å². The van der Waals surface area contributed by atoms with Gasteiger partial charge in [-0.15, -0.1) is 0 Å². The van der Waals surface area contributed by atoms with Crippen molar-refractivity contribution in [2.75, 3.05) is 0 Å². The van der Waals surface area contributed by atoms with Gasteiger partial charge in [-0.3, -0.25) is 9.78 Å². The van der Waals surface area contributed by atoms with Crippen LogP contribution in [0.5, 0.6) is 0 Å². The molecule has 1 atom stereocenters. The van der Waals surface area contributed by atoms with Crippen LogP contribution < -0.4 is 5.32 Å². The van der Waals surface area contributed by atoms with Crippen LogP contribution in [0.2, 0.25) is 0 Å². The molecule has 1 amide bonds. The molecule has 0 saturated heterocycles. The van der Waals surface area contributed by atoms with E-state index in [-0.39, 0.29) is 5.91 Å². The molecule has 0 aliphatic rings. The number of carboxylic acid groups (broad SMARTS) is 1. The summed E-state index contributed by atoms with van der Waals surface area (Å²) in [6, 6.07) is 7.91. The molecule has 0 spiro atoms. The number of nitrogens with one attached hydrogen (secondary N) is 1. The van der Waals surface area contributed by atoms with E-state index in [2.05, 4.69) is 10.3 Å². The standard InChI is InChI=1S/C15H16N2O3/c1-2-5-13(15(19)20)17-14(18)11-6-3-8-12-10(11)7-4-9-16-12/h3-4,6-9,13H,2,5H2,1H3,(H,17,18)(H,19,20)/t13-/m0/s1. The van der Waals surface area contributed by atoms with Gasteiger partial charge in [0, 0.05) is 17.1 Å². The van der Waals surface area contributed by atoms with Gasteiger partial charge in [0.1, 0.15) is 6.04 Å². The molecule has 5 nitrogen and oxygen atoms in total. The van der Waals surface area contributed by atoms with Crippen molar-refractivity contribution in [1.29, 1.82) is 0 Å². The first-order valence-corrected chi connectivity index (χ1v) is 6.51. The summed E-state index contributed by atoms with van der Waals surface area (Å²) in [5.41, 5.74) is 1.15. The first-order chi connectivity index (χ1) is 9.63. The van der Waals surface area contributed by atoms with Gasteiger partial charge in [0.25, 0.3) is 5.91 Å². The summed E-state index contributed by atoms with van der Waals surface area (Å²) in [4.78, 5) is 27.5. The molecule has 0 fully saturated rings. The fourth-order valence-electron chi connectivity index (χ4n) is 2.08. The largest absolute Gasteiger partial charge is 0.480 e. The van der Waals surface area contributed by atoms with E-state index in [4.69, 9.17) is 5.11 Å². The van der Waals surface area contributed by atoms with Crippen LogP contribution in [0, 0.1) is 0 Å². The minimum Gasteiger partial charge on any atom is -0.480 e. The Morgan fingerprint density at radius 3 is 2.80 bits per heavy atom. The molecule has 104 valence electrons. The minimum atomic E-state index is -1.02. The molecular formula is C15H16N2O3. The molecule has 2 rings (SSSR count). The molecule has 1 heterocycles. The molecule has 0 radical (unpaired) electrons. The fourth-order valence-corrected chi connectivity index (χ4v) is 2.08. The number of carbonyl (C=O) groups excluding carboxylic acids is 1. The van der Waals surface area contributed by atoms with Crippen molar-refractivity contribution in [3.63, 3.8) is 0 Å². The average Bonchev–Trinajstić information content (AvgIpc) is 2.46. The number of hydrogen-bond acceptors (Lipinski definition) is 3. The van der Waals surface area contributed by atoms with E-state index < -0.39 is 12.0 Å². The Labute approximate surface area is 116 Å². The van der Waals surface area contributed by atoms with E-state index in [1.54, 1.807) is 30.5 Å². The number of fused-ring (bicyclic) bond motifs is 1. The van der Waals surface area contributed by atoms with Gasteiger partial charge in [-0.1, -0.05) is 25.5 Å². The Kier molecular flexibility index (Phi) is 4.30. The summed E-state index contributed by atoms with van der Waals surface area (Å²) in [6.45, 7) is 1.88. The maximum absolute atomic E-state index is 12.2. The molecule has 2 N–H and O–H groups in total. The van der Waals surface area contributed by atoms with Gasteiger partial charge in [-0.05, 0) is 24.6 Å². The molecule has 0 bridgehead atoms. The second-order valence-electron chi connectivity index (χ2n) is 4.53. The highest BCUT2D eigenvalue weighted by molar-refractivity contribution is 6.07. The highest BCUT2D eigenvalue weighted by atomic mass is 16.4. The summed E-state index contributed by atoms with van der Waals surface area (Å²) >= 11 is 0. The second kappa shape index (κ2) is 6.14. The molecule has 1 aromatic carbocycles. The average molecular weight is 272 g/mol. The van der Waals surface area contributed by atoms with Crippen molar-refractivity contribution in [3.8, 4) is 0 Å². The molecular weight excluding hydrogens is 256 g/mol. The summed E-state index contributed by atoms with van der Waals surface area (Å²) in [5.74, 6) is -1.40. The lowest BCUT2D eigenvalue weighted by Crippen LogP contribution is -2.40. The van der Waals surface area contributed by atoms with Crippen LogP contribution in [0.3, 0.4) is 0 Å². The lowest BCUT2D eigenvalue weighted by atomic mass is 10.1. The molecule has 0 aliphatic carbocycles. The van der Waals surface area contributed by atoms with E-state index in [0.717, 1.165) is 0 Å². The van der Waals surface area contributed by atoms with Crippen molar-refractivity contribution in [2.24, 2.45) is 0 Å². The number of aliphatic carboxylic acids is 1. The summed E-state index contributed by atoms with van der Waals surface area (Å²) < 4.78 is 0. The first kappa shape index (κ1) is 14.0. The number of pyridine rings is 1. The Morgan fingerprint density at radius 2 is 2.10 bits per heavy atom. The summed E-state index contributed by atoms with van der Waals surface area (Å²) in [6.07, 6.45) is 2.75. The second-order valence-corrected chi connectivity index (χ2v) is 4.53. The first-order valence-electron chi connectivity index (χ1n) is 6.51. The molecule has 5 heteroatoms.